The minimum Gasteiger partial charge on any atom is -0.473 e. The predicted molar refractivity (Wildman–Crippen MR) is 65.8 cm³/mol. The molecule has 4 heteroatoms. The topological polar surface area (TPSA) is 63.6 Å². The van der Waals surface area contributed by atoms with E-state index >= 15 is 0 Å². The number of hydrogen-bond acceptors (Lipinski definition) is 3. The Morgan fingerprint density at radius 1 is 0.882 bits per heavy atom. The Hall–Kier alpha value is -1.06. The summed E-state index contributed by atoms with van der Waals surface area (Å²) < 4.78 is 4.52. The fourth-order valence-corrected chi connectivity index (χ4v) is 1.64. The van der Waals surface area contributed by atoms with Crippen LogP contribution < -0.4 is 0 Å². The number of esters is 1. The van der Waals surface area contributed by atoms with Crippen molar-refractivity contribution in [3.63, 3.8) is 0 Å². The van der Waals surface area contributed by atoms with Gasteiger partial charge in [-0.1, -0.05) is 58.3 Å². The first-order valence-electron chi connectivity index (χ1n) is 6.58. The van der Waals surface area contributed by atoms with Crippen LogP contribution in [0.5, 0.6) is 0 Å². The van der Waals surface area contributed by atoms with E-state index in [2.05, 4.69) is 11.7 Å². The van der Waals surface area contributed by atoms with Gasteiger partial charge < -0.3 is 9.84 Å². The molecule has 0 spiro atoms. The van der Waals surface area contributed by atoms with Gasteiger partial charge in [-0.25, -0.2) is 9.59 Å². The summed E-state index contributed by atoms with van der Waals surface area (Å²) >= 11 is 0. The van der Waals surface area contributed by atoms with Crippen LogP contribution in [0, 0.1) is 0 Å². The van der Waals surface area contributed by atoms with Gasteiger partial charge in [0.05, 0.1) is 6.61 Å². The summed E-state index contributed by atoms with van der Waals surface area (Å²) in [6.45, 7) is 2.43. The number of ether oxygens (including phenoxy) is 1. The molecule has 0 aromatic rings. The summed E-state index contributed by atoms with van der Waals surface area (Å²) in [6.07, 6.45) is 10.6. The van der Waals surface area contributed by atoms with E-state index in [0.717, 1.165) is 19.3 Å². The van der Waals surface area contributed by atoms with Gasteiger partial charge in [-0.15, -0.1) is 0 Å². The van der Waals surface area contributed by atoms with E-state index in [0.29, 0.717) is 0 Å². The molecule has 0 atom stereocenters. The van der Waals surface area contributed by atoms with Gasteiger partial charge in [0.1, 0.15) is 0 Å². The SMILES string of the molecule is CCCCCCCCCCCOC(=O)C(=O)O. The van der Waals surface area contributed by atoms with Crippen molar-refractivity contribution < 1.29 is 19.4 Å². The van der Waals surface area contributed by atoms with Crippen LogP contribution in [0.25, 0.3) is 0 Å². The molecule has 100 valence electrons. The molecule has 0 aliphatic rings. The largest absolute Gasteiger partial charge is 0.473 e. The second-order valence-electron chi connectivity index (χ2n) is 4.27. The van der Waals surface area contributed by atoms with E-state index in [1.807, 2.05) is 0 Å². The third-order valence-corrected chi connectivity index (χ3v) is 2.66. The van der Waals surface area contributed by atoms with Crippen LogP contribution in [0.1, 0.15) is 64.7 Å². The molecule has 0 saturated carbocycles. The van der Waals surface area contributed by atoms with E-state index in [4.69, 9.17) is 5.11 Å². The zero-order chi connectivity index (χ0) is 12.9. The Morgan fingerprint density at radius 3 is 1.82 bits per heavy atom. The van der Waals surface area contributed by atoms with Crippen molar-refractivity contribution in [3.05, 3.63) is 0 Å². The third-order valence-electron chi connectivity index (χ3n) is 2.66. The number of hydrogen-bond donors (Lipinski definition) is 1. The van der Waals surface area contributed by atoms with E-state index in [-0.39, 0.29) is 6.61 Å². The first-order valence-corrected chi connectivity index (χ1v) is 6.58. The molecule has 4 nitrogen and oxygen atoms in total. The Labute approximate surface area is 103 Å². The summed E-state index contributed by atoms with van der Waals surface area (Å²) in [7, 11) is 0. The van der Waals surface area contributed by atoms with Gasteiger partial charge >= 0.3 is 11.9 Å². The minimum absolute atomic E-state index is 0.223. The fourth-order valence-electron chi connectivity index (χ4n) is 1.64. The lowest BCUT2D eigenvalue weighted by Gasteiger charge is -2.02. The molecule has 0 aliphatic carbocycles. The highest BCUT2D eigenvalue weighted by molar-refractivity contribution is 6.28. The van der Waals surface area contributed by atoms with Crippen LogP contribution in [0.4, 0.5) is 0 Å². The Balaban J connectivity index is 3.08. The van der Waals surface area contributed by atoms with Crippen LogP contribution in [0.2, 0.25) is 0 Å². The van der Waals surface area contributed by atoms with Crippen LogP contribution in [-0.4, -0.2) is 23.7 Å². The molecular formula is C13H24O4. The predicted octanol–water partition coefficient (Wildman–Crippen LogP) is 3.15. The lowest BCUT2D eigenvalue weighted by molar-refractivity contribution is -0.163. The summed E-state index contributed by atoms with van der Waals surface area (Å²) in [5.41, 5.74) is 0. The standard InChI is InChI=1S/C13H24O4/c1-2-3-4-5-6-7-8-9-10-11-17-13(16)12(14)15/h2-11H2,1H3,(H,14,15). The number of carboxylic acid groups (broad SMARTS) is 1. The molecule has 0 bridgehead atoms. The lowest BCUT2D eigenvalue weighted by Crippen LogP contribution is -2.16. The molecule has 0 saturated heterocycles. The number of carbonyl (C=O) groups is 2. The molecule has 1 N–H and O–H groups in total. The zero-order valence-corrected chi connectivity index (χ0v) is 10.7. The van der Waals surface area contributed by atoms with Crippen LogP contribution in [-0.2, 0) is 14.3 Å². The second-order valence-corrected chi connectivity index (χ2v) is 4.27. The maximum atomic E-state index is 10.6. The van der Waals surface area contributed by atoms with Gasteiger partial charge in [0.25, 0.3) is 0 Å². The van der Waals surface area contributed by atoms with Crippen LogP contribution in [0.3, 0.4) is 0 Å². The monoisotopic (exact) mass is 244 g/mol. The first-order chi connectivity index (χ1) is 8.18. The van der Waals surface area contributed by atoms with E-state index in [1.165, 1.54) is 38.5 Å². The second kappa shape index (κ2) is 11.4. The Bertz CT molecular complexity index is 213. The summed E-state index contributed by atoms with van der Waals surface area (Å²) in [6, 6.07) is 0. The molecule has 0 aromatic carbocycles. The maximum Gasteiger partial charge on any atom is 0.417 e. The van der Waals surface area contributed by atoms with Gasteiger partial charge in [0.2, 0.25) is 0 Å². The average molecular weight is 244 g/mol. The molecule has 0 unspecified atom stereocenters. The van der Waals surface area contributed by atoms with E-state index < -0.39 is 11.9 Å². The fraction of sp³-hybridized carbons (Fsp3) is 0.846. The lowest BCUT2D eigenvalue weighted by atomic mass is 10.1. The third kappa shape index (κ3) is 11.2. The first kappa shape index (κ1) is 15.9. The van der Waals surface area contributed by atoms with Crippen molar-refractivity contribution >= 4 is 11.9 Å². The van der Waals surface area contributed by atoms with Crippen LogP contribution in [0.15, 0.2) is 0 Å². The quantitative estimate of drug-likeness (QED) is 0.364. The number of aliphatic carboxylic acids is 1. The molecule has 0 rings (SSSR count). The number of unbranched alkanes of at least 4 members (excludes halogenated alkanes) is 8. The van der Waals surface area contributed by atoms with Gasteiger partial charge in [-0.05, 0) is 6.42 Å². The summed E-state index contributed by atoms with van der Waals surface area (Å²) in [5, 5.41) is 8.25. The molecule has 0 heterocycles. The Morgan fingerprint density at radius 2 is 1.35 bits per heavy atom. The van der Waals surface area contributed by atoms with Crippen molar-refractivity contribution in [2.24, 2.45) is 0 Å². The summed E-state index contributed by atoms with van der Waals surface area (Å²) in [4.78, 5) is 20.7. The zero-order valence-electron chi connectivity index (χ0n) is 10.7. The number of carboxylic acids is 1. The normalized spacial score (nSPS) is 10.2. The van der Waals surface area contributed by atoms with Crippen molar-refractivity contribution in [2.75, 3.05) is 6.61 Å². The molecule has 0 radical (unpaired) electrons. The minimum atomic E-state index is -1.51. The van der Waals surface area contributed by atoms with Gasteiger partial charge in [0, 0.05) is 0 Å². The molecule has 0 fully saturated rings. The van der Waals surface area contributed by atoms with Gasteiger partial charge in [-0.2, -0.15) is 0 Å². The van der Waals surface area contributed by atoms with Crippen molar-refractivity contribution in [2.45, 2.75) is 64.7 Å². The average Bonchev–Trinajstić information content (AvgIpc) is 2.31. The van der Waals surface area contributed by atoms with Crippen molar-refractivity contribution in [1.29, 1.82) is 0 Å². The molecule has 0 amide bonds. The summed E-state index contributed by atoms with van der Waals surface area (Å²) in [5.74, 6) is -2.66. The highest BCUT2D eigenvalue weighted by Gasteiger charge is 2.11. The van der Waals surface area contributed by atoms with Gasteiger partial charge in [0.15, 0.2) is 0 Å². The number of carbonyl (C=O) groups excluding carboxylic acids is 1. The molecule has 0 aromatic heterocycles. The van der Waals surface area contributed by atoms with Crippen molar-refractivity contribution in [1.82, 2.24) is 0 Å². The maximum absolute atomic E-state index is 10.6. The number of rotatable bonds is 10. The highest BCUT2D eigenvalue weighted by Crippen LogP contribution is 2.09. The smallest absolute Gasteiger partial charge is 0.417 e. The molecule has 17 heavy (non-hydrogen) atoms. The van der Waals surface area contributed by atoms with E-state index in [1.54, 1.807) is 0 Å². The van der Waals surface area contributed by atoms with Crippen LogP contribution >= 0.6 is 0 Å². The Kier molecular flexibility index (Phi) is 10.7. The molecular weight excluding hydrogens is 220 g/mol. The van der Waals surface area contributed by atoms with Gasteiger partial charge in [-0.3, -0.25) is 0 Å². The van der Waals surface area contributed by atoms with E-state index in [9.17, 15) is 9.59 Å². The van der Waals surface area contributed by atoms with Crippen molar-refractivity contribution in [3.8, 4) is 0 Å². The highest BCUT2D eigenvalue weighted by atomic mass is 16.6. The molecule has 0 aliphatic heterocycles.